The number of carbonyl (C=O) groups excluding carboxylic acids is 2. The van der Waals surface area contributed by atoms with Gasteiger partial charge in [0.2, 0.25) is 0 Å². The summed E-state index contributed by atoms with van der Waals surface area (Å²) in [5, 5.41) is 4.72. The maximum atomic E-state index is 13.7. The molecule has 1 N–H and O–H groups in total. The van der Waals surface area contributed by atoms with Crippen LogP contribution >= 0.6 is 11.6 Å². The van der Waals surface area contributed by atoms with Crippen LogP contribution in [0.5, 0.6) is 0 Å². The summed E-state index contributed by atoms with van der Waals surface area (Å²) in [6, 6.07) is 17.3. The topological polar surface area (TPSA) is 55.4 Å². The standard InChI is InChI=1S/C20H15ClFNO3/c21-16-8-4-9-17(22)15(16)11-20(25)26-12-19(24)23-18-10-3-6-13-5-1-2-7-14(13)18/h1-10H,11-12H2,(H,23,24). The van der Waals surface area contributed by atoms with Crippen molar-refractivity contribution >= 4 is 39.9 Å². The molecule has 26 heavy (non-hydrogen) atoms. The highest BCUT2D eigenvalue weighted by atomic mass is 35.5. The van der Waals surface area contributed by atoms with Crippen molar-refractivity contribution in [3.63, 3.8) is 0 Å². The van der Waals surface area contributed by atoms with Gasteiger partial charge in [0.05, 0.1) is 6.42 Å². The van der Waals surface area contributed by atoms with Gasteiger partial charge < -0.3 is 10.1 Å². The van der Waals surface area contributed by atoms with Crippen molar-refractivity contribution < 1.29 is 18.7 Å². The van der Waals surface area contributed by atoms with Gasteiger partial charge in [-0.25, -0.2) is 4.39 Å². The monoisotopic (exact) mass is 371 g/mol. The third-order valence-electron chi connectivity index (χ3n) is 3.81. The summed E-state index contributed by atoms with van der Waals surface area (Å²) in [5.74, 6) is -1.80. The van der Waals surface area contributed by atoms with Crippen LogP contribution in [-0.2, 0) is 20.7 Å². The Morgan fingerprint density at radius 2 is 1.73 bits per heavy atom. The molecule has 3 aromatic carbocycles. The molecule has 0 heterocycles. The Bertz CT molecular complexity index is 949. The van der Waals surface area contributed by atoms with E-state index in [1.54, 1.807) is 6.07 Å². The minimum absolute atomic E-state index is 0.0497. The lowest BCUT2D eigenvalue weighted by molar-refractivity contribution is -0.146. The quantitative estimate of drug-likeness (QED) is 0.678. The Labute approximate surface area is 154 Å². The fraction of sp³-hybridized carbons (Fsp3) is 0.100. The van der Waals surface area contributed by atoms with Crippen LogP contribution in [-0.4, -0.2) is 18.5 Å². The molecule has 6 heteroatoms. The van der Waals surface area contributed by atoms with E-state index in [9.17, 15) is 14.0 Å². The highest BCUT2D eigenvalue weighted by molar-refractivity contribution is 6.31. The van der Waals surface area contributed by atoms with E-state index in [0.717, 1.165) is 10.8 Å². The van der Waals surface area contributed by atoms with Gasteiger partial charge in [-0.15, -0.1) is 0 Å². The molecule has 0 unspecified atom stereocenters. The first kappa shape index (κ1) is 17.9. The zero-order valence-corrected chi connectivity index (χ0v) is 14.4. The van der Waals surface area contributed by atoms with Crippen molar-refractivity contribution in [2.75, 3.05) is 11.9 Å². The number of rotatable bonds is 5. The Morgan fingerprint density at radius 1 is 1.00 bits per heavy atom. The average Bonchev–Trinajstić information content (AvgIpc) is 2.63. The van der Waals surface area contributed by atoms with Crippen LogP contribution in [0.2, 0.25) is 5.02 Å². The summed E-state index contributed by atoms with van der Waals surface area (Å²) >= 11 is 5.87. The van der Waals surface area contributed by atoms with Crippen LogP contribution in [0.15, 0.2) is 60.7 Å². The molecule has 0 aliphatic carbocycles. The number of ether oxygens (including phenoxy) is 1. The normalized spacial score (nSPS) is 10.5. The van der Waals surface area contributed by atoms with E-state index < -0.39 is 24.3 Å². The summed E-state index contributed by atoms with van der Waals surface area (Å²) < 4.78 is 18.6. The van der Waals surface area contributed by atoms with Crippen LogP contribution in [0.4, 0.5) is 10.1 Å². The van der Waals surface area contributed by atoms with Crippen LogP contribution in [0.1, 0.15) is 5.56 Å². The van der Waals surface area contributed by atoms with Crippen LogP contribution in [0.3, 0.4) is 0 Å². The molecular weight excluding hydrogens is 357 g/mol. The second kappa shape index (κ2) is 7.97. The van der Waals surface area contributed by atoms with E-state index in [4.69, 9.17) is 16.3 Å². The molecule has 1 amide bonds. The number of benzene rings is 3. The van der Waals surface area contributed by atoms with Gasteiger partial charge in [-0.3, -0.25) is 9.59 Å². The molecule has 0 atom stereocenters. The predicted octanol–water partition coefficient (Wildman–Crippen LogP) is 4.36. The summed E-state index contributed by atoms with van der Waals surface area (Å²) in [5.41, 5.74) is 0.676. The van der Waals surface area contributed by atoms with Crippen molar-refractivity contribution in [1.29, 1.82) is 0 Å². The minimum atomic E-state index is -0.731. The zero-order chi connectivity index (χ0) is 18.5. The van der Waals surface area contributed by atoms with Crippen molar-refractivity contribution in [2.45, 2.75) is 6.42 Å². The molecule has 3 aromatic rings. The van der Waals surface area contributed by atoms with Gasteiger partial charge in [0.25, 0.3) is 5.91 Å². The number of carbonyl (C=O) groups is 2. The smallest absolute Gasteiger partial charge is 0.310 e. The maximum absolute atomic E-state index is 13.7. The number of amides is 1. The summed E-state index contributed by atoms with van der Waals surface area (Å²) in [6.45, 7) is -0.464. The van der Waals surface area contributed by atoms with Gasteiger partial charge in [0, 0.05) is 21.7 Å². The molecule has 0 saturated carbocycles. The molecule has 132 valence electrons. The lowest BCUT2D eigenvalue weighted by Gasteiger charge is -2.10. The third-order valence-corrected chi connectivity index (χ3v) is 4.16. The SMILES string of the molecule is O=C(COC(=O)Cc1c(F)cccc1Cl)Nc1cccc2ccccc12. The second-order valence-corrected chi connectivity index (χ2v) is 6.02. The number of anilines is 1. The average molecular weight is 372 g/mol. The van der Waals surface area contributed by atoms with E-state index >= 15 is 0 Å². The number of esters is 1. The molecule has 4 nitrogen and oxygen atoms in total. The molecule has 0 saturated heterocycles. The Hall–Kier alpha value is -2.92. The number of halogens is 2. The summed E-state index contributed by atoms with van der Waals surface area (Å²) in [7, 11) is 0. The van der Waals surface area contributed by atoms with E-state index in [2.05, 4.69) is 5.32 Å². The summed E-state index contributed by atoms with van der Waals surface area (Å²) in [4.78, 5) is 23.9. The zero-order valence-electron chi connectivity index (χ0n) is 13.7. The first-order valence-electron chi connectivity index (χ1n) is 7.91. The van der Waals surface area contributed by atoms with Gasteiger partial charge >= 0.3 is 5.97 Å². The van der Waals surface area contributed by atoms with Crippen LogP contribution < -0.4 is 5.32 Å². The van der Waals surface area contributed by atoms with E-state index in [0.29, 0.717) is 5.69 Å². The van der Waals surface area contributed by atoms with Crippen molar-refractivity contribution in [1.82, 2.24) is 0 Å². The van der Waals surface area contributed by atoms with E-state index in [1.807, 2.05) is 36.4 Å². The lowest BCUT2D eigenvalue weighted by atomic mass is 10.1. The maximum Gasteiger partial charge on any atom is 0.310 e. The number of hydrogen-bond donors (Lipinski definition) is 1. The highest BCUT2D eigenvalue weighted by Gasteiger charge is 2.14. The van der Waals surface area contributed by atoms with Gasteiger partial charge in [-0.2, -0.15) is 0 Å². The Balaban J connectivity index is 1.59. The molecule has 0 radical (unpaired) electrons. The largest absolute Gasteiger partial charge is 0.455 e. The lowest BCUT2D eigenvalue weighted by Crippen LogP contribution is -2.22. The molecule has 3 rings (SSSR count). The minimum Gasteiger partial charge on any atom is -0.455 e. The van der Waals surface area contributed by atoms with Gasteiger partial charge in [-0.05, 0) is 23.6 Å². The Morgan fingerprint density at radius 3 is 2.54 bits per heavy atom. The van der Waals surface area contributed by atoms with Crippen LogP contribution in [0.25, 0.3) is 10.8 Å². The predicted molar refractivity (Wildman–Crippen MR) is 98.7 cm³/mol. The first-order valence-corrected chi connectivity index (χ1v) is 8.28. The molecule has 0 fully saturated rings. The first-order chi connectivity index (χ1) is 12.5. The molecule has 0 aromatic heterocycles. The van der Waals surface area contributed by atoms with E-state index in [-0.39, 0.29) is 17.0 Å². The molecule has 0 aliphatic heterocycles. The fourth-order valence-electron chi connectivity index (χ4n) is 2.56. The molecular formula is C20H15ClFNO3. The molecule has 0 aliphatic rings. The molecule has 0 spiro atoms. The molecule has 0 bridgehead atoms. The van der Waals surface area contributed by atoms with E-state index in [1.165, 1.54) is 18.2 Å². The number of nitrogens with one attached hydrogen (secondary N) is 1. The van der Waals surface area contributed by atoms with Crippen molar-refractivity contribution in [3.8, 4) is 0 Å². The fourth-order valence-corrected chi connectivity index (χ4v) is 2.79. The van der Waals surface area contributed by atoms with Crippen molar-refractivity contribution in [3.05, 3.63) is 77.1 Å². The number of hydrogen-bond acceptors (Lipinski definition) is 3. The third kappa shape index (κ3) is 4.18. The number of fused-ring (bicyclic) bond motifs is 1. The van der Waals surface area contributed by atoms with Gasteiger partial charge in [-0.1, -0.05) is 54.1 Å². The highest BCUT2D eigenvalue weighted by Crippen LogP contribution is 2.23. The van der Waals surface area contributed by atoms with Crippen LogP contribution in [0, 0.1) is 5.82 Å². The van der Waals surface area contributed by atoms with Gasteiger partial charge in [0.1, 0.15) is 5.82 Å². The summed E-state index contributed by atoms with van der Waals surface area (Å²) in [6.07, 6.45) is -0.340. The van der Waals surface area contributed by atoms with Gasteiger partial charge in [0.15, 0.2) is 6.61 Å². The second-order valence-electron chi connectivity index (χ2n) is 5.61. The van der Waals surface area contributed by atoms with Crippen molar-refractivity contribution in [2.24, 2.45) is 0 Å². The Kier molecular flexibility index (Phi) is 5.49.